The Morgan fingerprint density at radius 3 is 2.78 bits per heavy atom. The smallest absolute Gasteiger partial charge is 0.251 e. The summed E-state index contributed by atoms with van der Waals surface area (Å²) in [7, 11) is 0. The molecule has 1 aromatic carbocycles. The molecule has 0 saturated heterocycles. The second-order valence-corrected chi connectivity index (χ2v) is 5.07. The van der Waals surface area contributed by atoms with E-state index in [9.17, 15) is 4.79 Å². The molecule has 1 atom stereocenters. The van der Waals surface area contributed by atoms with Crippen molar-refractivity contribution in [3.05, 3.63) is 34.9 Å². The molecular weight excluding hydrogens is 246 g/mol. The maximum absolute atomic E-state index is 11.9. The van der Waals surface area contributed by atoms with Crippen molar-refractivity contribution in [1.82, 2.24) is 5.32 Å². The Bertz CT molecular complexity index is 379. The molecule has 0 aromatic heterocycles. The van der Waals surface area contributed by atoms with Gasteiger partial charge in [0.2, 0.25) is 0 Å². The van der Waals surface area contributed by atoms with Gasteiger partial charge in [-0.25, -0.2) is 0 Å². The highest BCUT2D eigenvalue weighted by Gasteiger charge is 2.09. The van der Waals surface area contributed by atoms with Crippen LogP contribution in [0, 0.1) is 5.92 Å². The minimum atomic E-state index is -0.0348. The molecule has 0 fully saturated rings. The Kier molecular flexibility index (Phi) is 6.81. The summed E-state index contributed by atoms with van der Waals surface area (Å²) >= 11 is 5.87. The second kappa shape index (κ2) is 8.15. The van der Waals surface area contributed by atoms with Crippen LogP contribution in [-0.2, 0) is 0 Å². The normalized spacial score (nSPS) is 12.2. The Morgan fingerprint density at radius 2 is 2.17 bits per heavy atom. The maximum atomic E-state index is 11.9. The minimum absolute atomic E-state index is 0.0348. The van der Waals surface area contributed by atoms with E-state index in [1.54, 1.807) is 24.3 Å². The molecule has 1 amide bonds. The van der Waals surface area contributed by atoms with Gasteiger partial charge in [0.15, 0.2) is 0 Å². The van der Waals surface area contributed by atoms with Crippen LogP contribution in [0.1, 0.15) is 49.9 Å². The van der Waals surface area contributed by atoms with Gasteiger partial charge in [0, 0.05) is 17.1 Å². The van der Waals surface area contributed by atoms with Gasteiger partial charge in [-0.05, 0) is 30.5 Å². The van der Waals surface area contributed by atoms with Crippen LogP contribution in [0.15, 0.2) is 24.3 Å². The van der Waals surface area contributed by atoms with Gasteiger partial charge in [-0.15, -0.1) is 0 Å². The SMILES string of the molecule is CCCC[C@H](CC)CNC(=O)c1cccc(Cl)c1. The number of benzene rings is 1. The largest absolute Gasteiger partial charge is 0.352 e. The molecular formula is C15H22ClNO. The van der Waals surface area contributed by atoms with Crippen molar-refractivity contribution in [2.24, 2.45) is 5.92 Å². The molecule has 0 aliphatic rings. The number of amides is 1. The minimum Gasteiger partial charge on any atom is -0.352 e. The molecule has 0 aliphatic carbocycles. The van der Waals surface area contributed by atoms with E-state index in [4.69, 9.17) is 11.6 Å². The standard InChI is InChI=1S/C15H22ClNO/c1-3-5-7-12(4-2)11-17-15(18)13-8-6-9-14(16)10-13/h6,8-10,12H,3-5,7,11H2,1-2H3,(H,17,18)/t12-/m0/s1. The lowest BCUT2D eigenvalue weighted by molar-refractivity contribution is 0.0946. The van der Waals surface area contributed by atoms with Crippen molar-refractivity contribution in [2.45, 2.75) is 39.5 Å². The number of hydrogen-bond donors (Lipinski definition) is 1. The molecule has 0 bridgehead atoms. The average Bonchev–Trinajstić information content (AvgIpc) is 2.38. The highest BCUT2D eigenvalue weighted by molar-refractivity contribution is 6.30. The van der Waals surface area contributed by atoms with Crippen molar-refractivity contribution < 1.29 is 4.79 Å². The molecule has 0 saturated carbocycles. The third kappa shape index (κ3) is 5.09. The van der Waals surface area contributed by atoms with E-state index >= 15 is 0 Å². The van der Waals surface area contributed by atoms with Crippen LogP contribution < -0.4 is 5.32 Å². The number of carbonyl (C=O) groups is 1. The van der Waals surface area contributed by atoms with Gasteiger partial charge in [-0.1, -0.05) is 50.8 Å². The summed E-state index contributed by atoms with van der Waals surface area (Å²) < 4.78 is 0. The Morgan fingerprint density at radius 1 is 1.39 bits per heavy atom. The first-order valence-electron chi connectivity index (χ1n) is 6.71. The van der Waals surface area contributed by atoms with E-state index in [2.05, 4.69) is 19.2 Å². The fourth-order valence-electron chi connectivity index (χ4n) is 1.91. The number of rotatable bonds is 7. The summed E-state index contributed by atoms with van der Waals surface area (Å²) in [5, 5.41) is 3.59. The Balaban J connectivity index is 2.44. The third-order valence-corrected chi connectivity index (χ3v) is 3.42. The van der Waals surface area contributed by atoms with Gasteiger partial charge < -0.3 is 5.32 Å². The average molecular weight is 268 g/mol. The van der Waals surface area contributed by atoms with E-state index in [1.165, 1.54) is 19.3 Å². The summed E-state index contributed by atoms with van der Waals surface area (Å²) in [4.78, 5) is 11.9. The van der Waals surface area contributed by atoms with E-state index < -0.39 is 0 Å². The van der Waals surface area contributed by atoms with Crippen LogP contribution >= 0.6 is 11.6 Å². The lowest BCUT2D eigenvalue weighted by Crippen LogP contribution is -2.29. The predicted octanol–water partition coefficient (Wildman–Crippen LogP) is 4.29. The number of nitrogens with one attached hydrogen (secondary N) is 1. The molecule has 3 heteroatoms. The van der Waals surface area contributed by atoms with Gasteiger partial charge in [-0.3, -0.25) is 4.79 Å². The molecule has 0 spiro atoms. The van der Waals surface area contributed by atoms with Crippen LogP contribution in [0.5, 0.6) is 0 Å². The number of carbonyl (C=O) groups excluding carboxylic acids is 1. The molecule has 18 heavy (non-hydrogen) atoms. The van der Waals surface area contributed by atoms with Gasteiger partial charge in [0.1, 0.15) is 0 Å². The number of hydrogen-bond acceptors (Lipinski definition) is 1. The van der Waals surface area contributed by atoms with E-state index in [0.29, 0.717) is 16.5 Å². The van der Waals surface area contributed by atoms with E-state index in [-0.39, 0.29) is 5.91 Å². The highest BCUT2D eigenvalue weighted by Crippen LogP contribution is 2.13. The fourth-order valence-corrected chi connectivity index (χ4v) is 2.10. The lowest BCUT2D eigenvalue weighted by atomic mass is 9.99. The molecule has 0 aliphatic heterocycles. The van der Waals surface area contributed by atoms with Crippen LogP contribution in [0.3, 0.4) is 0 Å². The molecule has 0 unspecified atom stereocenters. The van der Waals surface area contributed by atoms with Gasteiger partial charge >= 0.3 is 0 Å². The molecule has 100 valence electrons. The van der Waals surface area contributed by atoms with E-state index in [1.807, 2.05) is 0 Å². The molecule has 0 heterocycles. The second-order valence-electron chi connectivity index (χ2n) is 4.64. The van der Waals surface area contributed by atoms with Crippen molar-refractivity contribution in [2.75, 3.05) is 6.54 Å². The van der Waals surface area contributed by atoms with E-state index in [0.717, 1.165) is 13.0 Å². The first-order chi connectivity index (χ1) is 8.67. The topological polar surface area (TPSA) is 29.1 Å². The summed E-state index contributed by atoms with van der Waals surface area (Å²) in [5.41, 5.74) is 0.632. The van der Waals surface area contributed by atoms with Gasteiger partial charge in [0.05, 0.1) is 0 Å². The first-order valence-corrected chi connectivity index (χ1v) is 7.08. The molecule has 1 rings (SSSR count). The molecule has 2 nitrogen and oxygen atoms in total. The van der Waals surface area contributed by atoms with Crippen LogP contribution in [0.2, 0.25) is 5.02 Å². The molecule has 1 aromatic rings. The molecule has 0 radical (unpaired) electrons. The number of halogens is 1. The zero-order valence-corrected chi connectivity index (χ0v) is 12.0. The lowest BCUT2D eigenvalue weighted by Gasteiger charge is -2.15. The summed E-state index contributed by atoms with van der Waals surface area (Å²) in [5.74, 6) is 0.542. The van der Waals surface area contributed by atoms with Crippen molar-refractivity contribution in [3.8, 4) is 0 Å². The van der Waals surface area contributed by atoms with Crippen molar-refractivity contribution >= 4 is 17.5 Å². The fraction of sp³-hybridized carbons (Fsp3) is 0.533. The predicted molar refractivity (Wildman–Crippen MR) is 77.1 cm³/mol. The zero-order valence-electron chi connectivity index (χ0n) is 11.2. The van der Waals surface area contributed by atoms with Crippen molar-refractivity contribution in [1.29, 1.82) is 0 Å². The molecule has 1 N–H and O–H groups in total. The first kappa shape index (κ1) is 15.0. The highest BCUT2D eigenvalue weighted by atomic mass is 35.5. The summed E-state index contributed by atoms with van der Waals surface area (Å²) in [6, 6.07) is 7.05. The Labute approximate surface area is 115 Å². The Hall–Kier alpha value is -1.02. The van der Waals surface area contributed by atoms with Crippen LogP contribution in [0.25, 0.3) is 0 Å². The van der Waals surface area contributed by atoms with Crippen molar-refractivity contribution in [3.63, 3.8) is 0 Å². The summed E-state index contributed by atoms with van der Waals surface area (Å²) in [6.45, 7) is 5.12. The van der Waals surface area contributed by atoms with Crippen LogP contribution in [0.4, 0.5) is 0 Å². The van der Waals surface area contributed by atoms with Crippen LogP contribution in [-0.4, -0.2) is 12.5 Å². The maximum Gasteiger partial charge on any atom is 0.251 e. The monoisotopic (exact) mass is 267 g/mol. The van der Waals surface area contributed by atoms with Gasteiger partial charge in [-0.2, -0.15) is 0 Å². The zero-order chi connectivity index (χ0) is 13.4. The van der Waals surface area contributed by atoms with Gasteiger partial charge in [0.25, 0.3) is 5.91 Å². The third-order valence-electron chi connectivity index (χ3n) is 3.18. The number of unbranched alkanes of at least 4 members (excludes halogenated alkanes) is 1. The quantitative estimate of drug-likeness (QED) is 0.785. The summed E-state index contributed by atoms with van der Waals surface area (Å²) in [6.07, 6.45) is 4.73.